The van der Waals surface area contributed by atoms with Gasteiger partial charge < -0.3 is 10.1 Å². The van der Waals surface area contributed by atoms with Crippen LogP contribution in [0, 0.1) is 23.5 Å². The molecule has 5 nitrogen and oxygen atoms in total. The van der Waals surface area contributed by atoms with Crippen LogP contribution in [0.2, 0.25) is 0 Å². The summed E-state index contributed by atoms with van der Waals surface area (Å²) in [7, 11) is 0. The van der Waals surface area contributed by atoms with Crippen LogP contribution in [0.3, 0.4) is 0 Å². The van der Waals surface area contributed by atoms with Gasteiger partial charge in [0.2, 0.25) is 5.88 Å². The quantitative estimate of drug-likeness (QED) is 0.733. The Morgan fingerprint density at radius 3 is 2.32 bits per heavy atom. The maximum Gasteiger partial charge on any atom is 0.260 e. The van der Waals surface area contributed by atoms with Crippen LogP contribution in [0.15, 0.2) is 29.1 Å². The van der Waals surface area contributed by atoms with E-state index in [-0.39, 0.29) is 22.3 Å². The maximum absolute atomic E-state index is 12.6. The van der Waals surface area contributed by atoms with Gasteiger partial charge in [0.05, 0.1) is 11.6 Å². The van der Waals surface area contributed by atoms with Crippen LogP contribution in [0.1, 0.15) is 43.0 Å². The number of nitrogens with one attached hydrogen (secondary N) is 2. The molecule has 1 saturated heterocycles. The lowest BCUT2D eigenvalue weighted by atomic mass is 9.88. The maximum atomic E-state index is 12.6. The molecule has 0 spiro atoms. The van der Waals surface area contributed by atoms with Gasteiger partial charge in [0.15, 0.2) is 4.77 Å². The predicted molar refractivity (Wildman–Crippen MR) is 101 cm³/mol. The van der Waals surface area contributed by atoms with Gasteiger partial charge in [-0.2, -0.15) is 0 Å². The number of likely N-dealkylation sites (tertiary alicyclic amines) is 1. The van der Waals surface area contributed by atoms with Crippen molar-refractivity contribution < 1.29 is 5.11 Å². The summed E-state index contributed by atoms with van der Waals surface area (Å²) in [6, 6.07) is 7.83. The van der Waals surface area contributed by atoms with Gasteiger partial charge in [-0.1, -0.05) is 43.7 Å². The molecule has 2 heterocycles. The molecule has 1 fully saturated rings. The Morgan fingerprint density at radius 1 is 1.16 bits per heavy atom. The van der Waals surface area contributed by atoms with Crippen LogP contribution in [-0.2, 0) is 0 Å². The number of aryl methyl sites for hydroxylation is 1. The molecule has 134 valence electrons. The minimum Gasteiger partial charge on any atom is -0.494 e. The standard InChI is InChI=1S/C19H25N3O2S/c1-11-4-6-14(7-5-11)16(22-9-12(2)8-13(3)10-22)15-17(23)20-19(25)21-18(15)24/h4-7,12-13,16H,8-10H2,1-3H3,(H3,20,21,23,24,25)/t12-,13-,16+/m0/s1. The highest BCUT2D eigenvalue weighted by Gasteiger charge is 2.32. The lowest BCUT2D eigenvalue weighted by Crippen LogP contribution is -2.43. The Hall–Kier alpha value is -1.92. The lowest BCUT2D eigenvalue weighted by molar-refractivity contribution is 0.109. The number of aromatic amines is 2. The third kappa shape index (κ3) is 3.85. The highest BCUT2D eigenvalue weighted by molar-refractivity contribution is 7.71. The molecular weight excluding hydrogens is 334 g/mol. The fourth-order valence-electron chi connectivity index (χ4n) is 3.97. The number of benzene rings is 1. The topological polar surface area (TPSA) is 72.1 Å². The van der Waals surface area contributed by atoms with Crippen molar-refractivity contribution in [3.63, 3.8) is 0 Å². The van der Waals surface area contributed by atoms with E-state index in [0.717, 1.165) is 24.2 Å². The molecule has 0 aliphatic carbocycles. The molecule has 0 radical (unpaired) electrons. The molecule has 0 amide bonds. The first-order chi connectivity index (χ1) is 11.8. The molecule has 0 saturated carbocycles. The van der Waals surface area contributed by atoms with Gasteiger partial charge in [-0.15, -0.1) is 0 Å². The van der Waals surface area contributed by atoms with Crippen molar-refractivity contribution in [1.82, 2.24) is 14.9 Å². The first-order valence-corrected chi connectivity index (χ1v) is 9.12. The fourth-order valence-corrected chi connectivity index (χ4v) is 4.16. The largest absolute Gasteiger partial charge is 0.494 e. The molecule has 25 heavy (non-hydrogen) atoms. The van der Waals surface area contributed by atoms with E-state index in [1.54, 1.807) is 0 Å². The van der Waals surface area contributed by atoms with E-state index < -0.39 is 0 Å². The first kappa shape index (κ1) is 17.9. The van der Waals surface area contributed by atoms with Crippen LogP contribution in [-0.4, -0.2) is 33.1 Å². The van der Waals surface area contributed by atoms with Crippen molar-refractivity contribution >= 4 is 12.2 Å². The lowest BCUT2D eigenvalue weighted by Gasteiger charge is -2.40. The highest BCUT2D eigenvalue weighted by Crippen LogP contribution is 2.35. The Bertz CT molecular complexity index is 846. The Balaban J connectivity index is 2.14. The molecule has 3 N–H and O–H groups in total. The van der Waals surface area contributed by atoms with Crippen molar-refractivity contribution in [3.8, 4) is 5.88 Å². The number of aromatic nitrogens is 2. The second-order valence-corrected chi connectivity index (χ2v) is 7.79. The van der Waals surface area contributed by atoms with Gasteiger partial charge in [-0.05, 0) is 43.0 Å². The van der Waals surface area contributed by atoms with E-state index in [1.807, 2.05) is 31.2 Å². The number of aromatic hydroxyl groups is 1. The normalized spacial score (nSPS) is 22.7. The summed E-state index contributed by atoms with van der Waals surface area (Å²) >= 11 is 4.98. The molecular formula is C19H25N3O2S. The molecule has 3 atom stereocenters. The van der Waals surface area contributed by atoms with E-state index in [1.165, 1.54) is 6.42 Å². The van der Waals surface area contributed by atoms with E-state index in [2.05, 4.69) is 28.7 Å². The molecule has 0 unspecified atom stereocenters. The summed E-state index contributed by atoms with van der Waals surface area (Å²) in [5.74, 6) is 0.936. The van der Waals surface area contributed by atoms with Crippen LogP contribution >= 0.6 is 12.2 Å². The van der Waals surface area contributed by atoms with E-state index in [0.29, 0.717) is 17.4 Å². The highest BCUT2D eigenvalue weighted by atomic mass is 32.1. The van der Waals surface area contributed by atoms with Gasteiger partial charge in [-0.3, -0.25) is 14.7 Å². The molecule has 1 aliphatic heterocycles. The summed E-state index contributed by atoms with van der Waals surface area (Å²) in [5, 5.41) is 10.5. The number of piperidine rings is 1. The van der Waals surface area contributed by atoms with Crippen molar-refractivity contribution in [1.29, 1.82) is 0 Å². The van der Waals surface area contributed by atoms with Gasteiger partial charge >= 0.3 is 0 Å². The van der Waals surface area contributed by atoms with E-state index in [4.69, 9.17) is 12.2 Å². The summed E-state index contributed by atoms with van der Waals surface area (Å²) < 4.78 is 0.134. The summed E-state index contributed by atoms with van der Waals surface area (Å²) in [4.78, 5) is 20.2. The van der Waals surface area contributed by atoms with Gasteiger partial charge in [-0.25, -0.2) is 0 Å². The molecule has 6 heteroatoms. The van der Waals surface area contributed by atoms with Crippen LogP contribution in [0.25, 0.3) is 0 Å². The second kappa shape index (κ2) is 7.14. The van der Waals surface area contributed by atoms with Crippen LogP contribution in [0.4, 0.5) is 0 Å². The van der Waals surface area contributed by atoms with Crippen molar-refractivity contribution in [2.24, 2.45) is 11.8 Å². The molecule has 1 aromatic carbocycles. The average Bonchev–Trinajstić information content (AvgIpc) is 2.51. The van der Waals surface area contributed by atoms with Crippen LogP contribution in [0.5, 0.6) is 5.88 Å². The first-order valence-electron chi connectivity index (χ1n) is 8.71. The minimum absolute atomic E-state index is 0.134. The predicted octanol–water partition coefficient (Wildman–Crippen LogP) is 3.51. The Labute approximate surface area is 152 Å². The Kier molecular flexibility index (Phi) is 5.11. The number of H-pyrrole nitrogens is 2. The fraction of sp³-hybridized carbons (Fsp3) is 0.474. The SMILES string of the molecule is Cc1ccc([C@H](c2c(O)[nH]c(=S)[nH]c2=O)N2C[C@@H](C)C[C@H](C)C2)cc1. The van der Waals surface area contributed by atoms with Gasteiger partial charge in [0.1, 0.15) is 0 Å². The van der Waals surface area contributed by atoms with Gasteiger partial charge in [0, 0.05) is 13.1 Å². The second-order valence-electron chi connectivity index (χ2n) is 7.38. The van der Waals surface area contributed by atoms with E-state index in [9.17, 15) is 9.90 Å². The van der Waals surface area contributed by atoms with E-state index >= 15 is 0 Å². The number of hydrogen-bond acceptors (Lipinski definition) is 4. The zero-order valence-electron chi connectivity index (χ0n) is 14.9. The summed E-state index contributed by atoms with van der Waals surface area (Å²) in [6.45, 7) is 8.28. The summed E-state index contributed by atoms with van der Waals surface area (Å²) in [5.41, 5.74) is 2.16. The third-order valence-electron chi connectivity index (χ3n) is 4.89. The van der Waals surface area contributed by atoms with Crippen molar-refractivity contribution in [2.75, 3.05) is 13.1 Å². The zero-order chi connectivity index (χ0) is 18.1. The average molecular weight is 359 g/mol. The molecule has 3 rings (SSSR count). The van der Waals surface area contributed by atoms with Crippen molar-refractivity contribution in [2.45, 2.75) is 33.2 Å². The smallest absolute Gasteiger partial charge is 0.260 e. The summed E-state index contributed by atoms with van der Waals surface area (Å²) in [6.07, 6.45) is 1.18. The number of rotatable bonds is 3. The monoisotopic (exact) mass is 359 g/mol. The molecule has 2 aromatic rings. The molecule has 0 bridgehead atoms. The number of nitrogens with zero attached hydrogens (tertiary/aromatic N) is 1. The van der Waals surface area contributed by atoms with Gasteiger partial charge in [0.25, 0.3) is 5.56 Å². The third-order valence-corrected chi connectivity index (χ3v) is 5.09. The number of hydrogen-bond donors (Lipinski definition) is 3. The van der Waals surface area contributed by atoms with Crippen molar-refractivity contribution in [3.05, 3.63) is 56.1 Å². The molecule has 1 aliphatic rings. The Morgan fingerprint density at radius 2 is 1.76 bits per heavy atom. The molecule has 1 aromatic heterocycles. The van der Waals surface area contributed by atoms with Crippen LogP contribution < -0.4 is 5.56 Å². The minimum atomic E-state index is -0.335. The zero-order valence-corrected chi connectivity index (χ0v) is 15.7.